The summed E-state index contributed by atoms with van der Waals surface area (Å²) in [6.45, 7) is 0.485. The van der Waals surface area contributed by atoms with Gasteiger partial charge in [-0.3, -0.25) is 9.79 Å². The summed E-state index contributed by atoms with van der Waals surface area (Å²) in [6.07, 6.45) is 0. The molecule has 8 heteroatoms. The second-order valence-electron chi connectivity index (χ2n) is 6.61. The first-order valence-electron chi connectivity index (χ1n) is 8.63. The monoisotopic (exact) mass is 401 g/mol. The third kappa shape index (κ3) is 4.33. The zero-order valence-electron chi connectivity index (χ0n) is 14.5. The van der Waals surface area contributed by atoms with Gasteiger partial charge < -0.3 is 10.6 Å². The summed E-state index contributed by atoms with van der Waals surface area (Å²) >= 11 is 1.48. The molecule has 2 N–H and O–H groups in total. The van der Waals surface area contributed by atoms with Gasteiger partial charge in [0.25, 0.3) is 5.91 Å². The molecule has 140 valence electrons. The van der Waals surface area contributed by atoms with Crippen LogP contribution in [-0.2, 0) is 16.4 Å². The zero-order chi connectivity index (χ0) is 18.9. The molecule has 1 saturated heterocycles. The number of nitrogens with zero attached hydrogens (tertiary/aromatic N) is 1. The van der Waals surface area contributed by atoms with Crippen molar-refractivity contribution in [3.05, 3.63) is 65.7 Å². The highest BCUT2D eigenvalue weighted by molar-refractivity contribution is 8.15. The zero-order valence-corrected chi connectivity index (χ0v) is 16.1. The number of fused-ring (bicyclic) bond motifs is 1. The molecule has 6 nitrogen and oxygen atoms in total. The summed E-state index contributed by atoms with van der Waals surface area (Å²) in [7, 11) is -2.94. The number of amides is 1. The van der Waals surface area contributed by atoms with E-state index in [2.05, 4.69) is 15.6 Å². The first kappa shape index (κ1) is 18.1. The van der Waals surface area contributed by atoms with E-state index in [0.717, 1.165) is 16.4 Å². The molecule has 0 aliphatic carbocycles. The topological polar surface area (TPSA) is 87.6 Å². The Balaban J connectivity index is 1.33. The number of benzene rings is 2. The van der Waals surface area contributed by atoms with Gasteiger partial charge in [-0.05, 0) is 29.8 Å². The quantitative estimate of drug-likeness (QED) is 0.821. The lowest BCUT2D eigenvalue weighted by Crippen LogP contribution is -2.22. The van der Waals surface area contributed by atoms with Crippen molar-refractivity contribution in [2.75, 3.05) is 16.8 Å². The molecule has 0 radical (unpaired) electrons. The second-order valence-corrected chi connectivity index (χ2v) is 9.99. The van der Waals surface area contributed by atoms with Crippen molar-refractivity contribution in [2.45, 2.75) is 17.8 Å². The van der Waals surface area contributed by atoms with Crippen LogP contribution in [-0.4, -0.2) is 42.3 Å². The Bertz CT molecular complexity index is 973. The highest BCUT2D eigenvalue weighted by atomic mass is 32.2. The number of carbonyl (C=O) groups excluding carboxylic acids is 1. The van der Waals surface area contributed by atoms with Gasteiger partial charge in [-0.1, -0.05) is 42.1 Å². The lowest BCUT2D eigenvalue weighted by Gasteiger charge is -2.08. The van der Waals surface area contributed by atoms with E-state index in [1.54, 1.807) is 12.1 Å². The van der Waals surface area contributed by atoms with E-state index in [9.17, 15) is 13.2 Å². The minimum atomic E-state index is -2.94. The van der Waals surface area contributed by atoms with E-state index in [1.807, 2.05) is 42.5 Å². The summed E-state index contributed by atoms with van der Waals surface area (Å²) in [5.41, 5.74) is 2.46. The molecule has 2 aliphatic rings. The molecule has 2 aliphatic heterocycles. The molecule has 0 unspecified atom stereocenters. The highest BCUT2D eigenvalue weighted by Crippen LogP contribution is 2.34. The fourth-order valence-corrected chi connectivity index (χ4v) is 6.80. The van der Waals surface area contributed by atoms with Gasteiger partial charge in [-0.15, -0.1) is 0 Å². The number of amidine groups is 1. The van der Waals surface area contributed by atoms with E-state index in [4.69, 9.17) is 0 Å². The van der Waals surface area contributed by atoms with Gasteiger partial charge in [0.2, 0.25) is 0 Å². The van der Waals surface area contributed by atoms with Gasteiger partial charge in [0.05, 0.1) is 17.5 Å². The molecule has 1 fully saturated rings. The van der Waals surface area contributed by atoms with Crippen LogP contribution in [0.25, 0.3) is 0 Å². The van der Waals surface area contributed by atoms with Gasteiger partial charge in [-0.2, -0.15) is 0 Å². The number of hydrogen-bond acceptors (Lipinski definition) is 6. The highest BCUT2D eigenvalue weighted by Gasteiger charge is 2.42. The van der Waals surface area contributed by atoms with Crippen LogP contribution in [0.5, 0.6) is 0 Å². The first-order valence-corrected chi connectivity index (χ1v) is 11.3. The fraction of sp³-hybridized carbons (Fsp3) is 0.263. The molecule has 1 amide bonds. The van der Waals surface area contributed by atoms with E-state index in [-0.39, 0.29) is 28.7 Å². The molecule has 2 aromatic rings. The number of aliphatic imine (C=N–C) groups is 1. The Hall–Kier alpha value is -2.32. The Morgan fingerprint density at radius 2 is 1.81 bits per heavy atom. The molecule has 4 rings (SSSR count). The molecule has 2 heterocycles. The number of rotatable bonds is 4. The van der Waals surface area contributed by atoms with Crippen molar-refractivity contribution in [3.63, 3.8) is 0 Å². The molecular formula is C19H19N3O3S2. The normalized spacial score (nSPS) is 22.7. The predicted octanol–water partition coefficient (Wildman–Crippen LogP) is 2.30. The van der Waals surface area contributed by atoms with E-state index in [0.29, 0.717) is 12.1 Å². The molecule has 27 heavy (non-hydrogen) atoms. The van der Waals surface area contributed by atoms with Crippen molar-refractivity contribution in [1.82, 2.24) is 5.32 Å². The third-order valence-corrected chi connectivity index (χ3v) is 7.65. The van der Waals surface area contributed by atoms with Crippen molar-refractivity contribution in [1.29, 1.82) is 0 Å². The third-order valence-electron chi connectivity index (χ3n) is 4.51. The average molecular weight is 402 g/mol. The molecule has 0 saturated carbocycles. The van der Waals surface area contributed by atoms with Gasteiger partial charge in [0.1, 0.15) is 0 Å². The smallest absolute Gasteiger partial charge is 0.251 e. The molecule has 0 spiro atoms. The maximum Gasteiger partial charge on any atom is 0.251 e. The van der Waals surface area contributed by atoms with Crippen molar-refractivity contribution < 1.29 is 13.2 Å². The summed E-state index contributed by atoms with van der Waals surface area (Å²) in [6, 6.07) is 16.8. The van der Waals surface area contributed by atoms with Crippen LogP contribution < -0.4 is 10.6 Å². The maximum absolute atomic E-state index is 12.3. The van der Waals surface area contributed by atoms with Crippen LogP contribution in [0, 0.1) is 0 Å². The van der Waals surface area contributed by atoms with Gasteiger partial charge in [-0.25, -0.2) is 8.42 Å². The fourth-order valence-electron chi connectivity index (χ4n) is 3.12. The van der Waals surface area contributed by atoms with Crippen LogP contribution in [0.15, 0.2) is 59.6 Å². The van der Waals surface area contributed by atoms with Crippen molar-refractivity contribution in [3.8, 4) is 0 Å². The minimum Gasteiger partial charge on any atom is -0.348 e. The molecule has 2 aromatic carbocycles. The Morgan fingerprint density at radius 3 is 2.52 bits per heavy atom. The number of carbonyl (C=O) groups is 1. The number of nitrogens with one attached hydrogen (secondary N) is 2. The summed E-state index contributed by atoms with van der Waals surface area (Å²) in [4.78, 5) is 16.7. The largest absolute Gasteiger partial charge is 0.348 e. The summed E-state index contributed by atoms with van der Waals surface area (Å²) < 4.78 is 23.2. The Morgan fingerprint density at radius 1 is 1.07 bits per heavy atom. The maximum atomic E-state index is 12.3. The number of anilines is 1. The molecule has 0 bridgehead atoms. The lowest BCUT2D eigenvalue weighted by molar-refractivity contribution is 0.0951. The molecular weight excluding hydrogens is 382 g/mol. The average Bonchev–Trinajstić information content (AvgIpc) is 3.13. The standard InChI is InChI=1S/C19H19N3O3S2/c23-18(20-10-13-4-2-1-3-5-13)14-6-8-15(9-7-14)21-19-22-16-11-27(24,25)12-17(16)26-19/h1-9,16-17H,10-12H2,(H,20,23)(H,21,22)/t16-,17-/m0/s1. The molecule has 2 atom stereocenters. The van der Waals surface area contributed by atoms with Crippen LogP contribution in [0.1, 0.15) is 15.9 Å². The van der Waals surface area contributed by atoms with E-state index in [1.165, 1.54) is 11.8 Å². The number of sulfone groups is 1. The number of thioether (sulfide) groups is 1. The minimum absolute atomic E-state index is 0.0144. The van der Waals surface area contributed by atoms with Crippen LogP contribution in [0.2, 0.25) is 0 Å². The van der Waals surface area contributed by atoms with Crippen LogP contribution >= 0.6 is 11.8 Å². The van der Waals surface area contributed by atoms with Gasteiger partial charge in [0, 0.05) is 23.0 Å². The van der Waals surface area contributed by atoms with Gasteiger partial charge >= 0.3 is 0 Å². The Labute approximate surface area is 162 Å². The van der Waals surface area contributed by atoms with E-state index < -0.39 is 9.84 Å². The number of hydrogen-bond donors (Lipinski definition) is 2. The predicted molar refractivity (Wildman–Crippen MR) is 109 cm³/mol. The Kier molecular flexibility index (Phi) is 4.92. The summed E-state index contributed by atoms with van der Waals surface area (Å²) in [5, 5.41) is 6.86. The van der Waals surface area contributed by atoms with Crippen molar-refractivity contribution >= 4 is 38.4 Å². The molecule has 0 aromatic heterocycles. The van der Waals surface area contributed by atoms with Crippen LogP contribution in [0.3, 0.4) is 0 Å². The van der Waals surface area contributed by atoms with E-state index >= 15 is 0 Å². The summed E-state index contributed by atoms with van der Waals surface area (Å²) in [5.74, 6) is 0.200. The van der Waals surface area contributed by atoms with Gasteiger partial charge in [0.15, 0.2) is 15.0 Å². The van der Waals surface area contributed by atoms with Crippen LogP contribution in [0.4, 0.5) is 5.69 Å². The lowest BCUT2D eigenvalue weighted by atomic mass is 10.2. The second kappa shape index (κ2) is 7.36. The van der Waals surface area contributed by atoms with Crippen molar-refractivity contribution in [2.24, 2.45) is 4.99 Å². The first-order chi connectivity index (χ1) is 13.0. The SMILES string of the molecule is O=C(NCc1ccccc1)c1ccc(NC2=N[C@H]3CS(=O)(=O)C[C@@H]3S2)cc1.